The summed E-state index contributed by atoms with van der Waals surface area (Å²) < 4.78 is 87.4. The fourth-order valence-electron chi connectivity index (χ4n) is 2.36. The molecular formula is C18H17F4NO7S2. The number of sulfonamides is 1. The maximum Gasteiger partial charge on any atom is 0.387 e. The number of rotatable bonds is 12. The number of benzene rings is 1. The number of halogens is 4. The van der Waals surface area contributed by atoms with Gasteiger partial charge in [-0.2, -0.15) is 17.6 Å². The number of ether oxygens (including phenoxy) is 3. The molecule has 0 aliphatic heterocycles. The third-order valence-electron chi connectivity index (χ3n) is 3.63. The van der Waals surface area contributed by atoms with Gasteiger partial charge in [0.15, 0.2) is 6.61 Å². The van der Waals surface area contributed by atoms with Gasteiger partial charge in [-0.05, 0) is 30.7 Å². The third kappa shape index (κ3) is 8.43. The summed E-state index contributed by atoms with van der Waals surface area (Å²) in [7, 11) is -3.34. The Morgan fingerprint density at radius 3 is 2.38 bits per heavy atom. The van der Waals surface area contributed by atoms with Crippen LogP contribution in [0, 0.1) is 0 Å². The van der Waals surface area contributed by atoms with Crippen LogP contribution in [0.15, 0.2) is 30.3 Å². The number of alkyl halides is 4. The van der Waals surface area contributed by atoms with E-state index in [9.17, 15) is 35.6 Å². The number of carbonyl (C=O) groups excluding carboxylic acids is 2. The van der Waals surface area contributed by atoms with Crippen molar-refractivity contribution in [2.45, 2.75) is 19.6 Å². The first-order chi connectivity index (χ1) is 14.9. The van der Waals surface area contributed by atoms with E-state index in [4.69, 9.17) is 4.74 Å². The Hall–Kier alpha value is -2.71. The van der Waals surface area contributed by atoms with E-state index in [1.165, 1.54) is 6.07 Å². The van der Waals surface area contributed by atoms with E-state index in [-0.39, 0.29) is 11.4 Å². The molecule has 1 aromatic carbocycles. The minimum atomic E-state index is -3.34. The molecule has 0 fully saturated rings. The van der Waals surface area contributed by atoms with Crippen molar-refractivity contribution in [2.24, 2.45) is 0 Å². The molecule has 8 nitrogen and oxygen atoms in total. The van der Waals surface area contributed by atoms with Crippen LogP contribution in [0.4, 0.5) is 17.6 Å². The molecule has 14 heteroatoms. The van der Waals surface area contributed by atoms with E-state index in [1.807, 2.05) is 0 Å². The van der Waals surface area contributed by atoms with Gasteiger partial charge >= 0.3 is 19.2 Å². The van der Waals surface area contributed by atoms with Crippen LogP contribution in [0.5, 0.6) is 11.5 Å². The Labute approximate surface area is 184 Å². The van der Waals surface area contributed by atoms with Crippen molar-refractivity contribution in [3.8, 4) is 11.5 Å². The maximum atomic E-state index is 12.6. The van der Waals surface area contributed by atoms with Crippen LogP contribution in [0.3, 0.4) is 0 Å². The highest BCUT2D eigenvalue weighted by Crippen LogP contribution is 2.28. The molecule has 1 heterocycles. The zero-order valence-electron chi connectivity index (χ0n) is 16.3. The summed E-state index contributed by atoms with van der Waals surface area (Å²) in [5, 5.41) is 0. The van der Waals surface area contributed by atoms with E-state index in [0.29, 0.717) is 17.4 Å². The van der Waals surface area contributed by atoms with Crippen molar-refractivity contribution < 1.29 is 49.8 Å². The summed E-state index contributed by atoms with van der Waals surface area (Å²) in [6.07, 6.45) is 1.34. The lowest BCUT2D eigenvalue weighted by atomic mass is 10.1. The van der Waals surface area contributed by atoms with Crippen molar-refractivity contribution >= 4 is 33.1 Å². The van der Waals surface area contributed by atoms with Gasteiger partial charge in [0, 0.05) is 17.5 Å². The smallest absolute Gasteiger partial charge is 0.387 e. The second kappa shape index (κ2) is 11.2. The van der Waals surface area contributed by atoms with E-state index in [0.717, 1.165) is 29.7 Å². The highest BCUT2D eigenvalue weighted by Gasteiger charge is 2.20. The zero-order valence-corrected chi connectivity index (χ0v) is 18.0. The van der Waals surface area contributed by atoms with Crippen LogP contribution < -0.4 is 14.2 Å². The molecule has 1 N–H and O–H groups in total. The number of Topliss-reactive ketones (excluding diaryl/α,β-unsaturated/α-hetero) is 1. The lowest BCUT2D eigenvalue weighted by Gasteiger charge is -2.12. The van der Waals surface area contributed by atoms with Gasteiger partial charge < -0.3 is 14.2 Å². The lowest BCUT2D eigenvalue weighted by Crippen LogP contribution is -2.24. The summed E-state index contributed by atoms with van der Waals surface area (Å²) in [4.78, 5) is 25.3. The Morgan fingerprint density at radius 1 is 1.06 bits per heavy atom. The molecule has 0 unspecified atom stereocenters. The summed E-state index contributed by atoms with van der Waals surface area (Å²) in [6.45, 7) is -7.25. The minimum Gasteiger partial charge on any atom is -0.453 e. The molecule has 0 aliphatic carbocycles. The second-order valence-electron chi connectivity index (χ2n) is 6.10. The van der Waals surface area contributed by atoms with Gasteiger partial charge in [0.1, 0.15) is 16.4 Å². The molecule has 2 aromatic rings. The molecule has 0 amide bonds. The van der Waals surface area contributed by atoms with Crippen LogP contribution in [-0.4, -0.2) is 52.8 Å². The monoisotopic (exact) mass is 499 g/mol. The van der Waals surface area contributed by atoms with E-state index in [2.05, 4.69) is 14.2 Å². The molecule has 0 aliphatic rings. The fourth-order valence-corrected chi connectivity index (χ4v) is 3.74. The third-order valence-corrected chi connectivity index (χ3v) is 5.48. The highest BCUT2D eigenvalue weighted by atomic mass is 32.2. The molecule has 32 heavy (non-hydrogen) atoms. The molecule has 2 rings (SSSR count). The number of nitrogens with one attached hydrogen (secondary N) is 1. The Bertz CT molecular complexity index is 1060. The van der Waals surface area contributed by atoms with Gasteiger partial charge in [-0.25, -0.2) is 17.9 Å². The molecule has 0 saturated heterocycles. The Morgan fingerprint density at radius 2 is 1.75 bits per heavy atom. The van der Waals surface area contributed by atoms with Gasteiger partial charge in [-0.15, -0.1) is 11.3 Å². The summed E-state index contributed by atoms with van der Waals surface area (Å²) in [5.41, 5.74) is -0.418. The maximum absolute atomic E-state index is 12.6. The van der Waals surface area contributed by atoms with E-state index >= 15 is 0 Å². The van der Waals surface area contributed by atoms with Crippen molar-refractivity contribution in [3.63, 3.8) is 0 Å². The molecule has 0 spiro atoms. The largest absolute Gasteiger partial charge is 0.453 e. The predicted octanol–water partition coefficient (Wildman–Crippen LogP) is 3.08. The average molecular weight is 499 g/mol. The Kier molecular flexibility index (Phi) is 8.98. The summed E-state index contributed by atoms with van der Waals surface area (Å²) >= 11 is 1.03. The summed E-state index contributed by atoms with van der Waals surface area (Å²) in [6, 6.07) is 5.60. The van der Waals surface area contributed by atoms with Crippen molar-refractivity contribution in [3.05, 3.63) is 45.6 Å². The molecular weight excluding hydrogens is 482 g/mol. The first-order valence-electron chi connectivity index (χ1n) is 8.72. The number of hydrogen-bond donors (Lipinski definition) is 1. The number of thiophene rings is 1. The predicted molar refractivity (Wildman–Crippen MR) is 105 cm³/mol. The van der Waals surface area contributed by atoms with Crippen LogP contribution in [0.25, 0.3) is 0 Å². The van der Waals surface area contributed by atoms with Gasteiger partial charge in [-0.1, -0.05) is 0 Å². The highest BCUT2D eigenvalue weighted by molar-refractivity contribution is 7.88. The van der Waals surface area contributed by atoms with Crippen molar-refractivity contribution in [1.29, 1.82) is 0 Å². The Balaban J connectivity index is 2.00. The van der Waals surface area contributed by atoms with Crippen molar-refractivity contribution in [2.75, 3.05) is 19.4 Å². The lowest BCUT2D eigenvalue weighted by molar-refractivity contribution is -0.0545. The quantitative estimate of drug-likeness (QED) is 0.272. The normalized spacial score (nSPS) is 11.6. The molecule has 176 valence electrons. The first-order valence-corrected chi connectivity index (χ1v) is 11.4. The minimum absolute atomic E-state index is 0.129. The fraction of sp³-hybridized carbons (Fsp3) is 0.333. The van der Waals surface area contributed by atoms with Gasteiger partial charge in [0.2, 0.25) is 15.8 Å². The number of carbonyl (C=O) groups is 2. The number of ketones is 1. The van der Waals surface area contributed by atoms with Gasteiger partial charge in [0.05, 0.1) is 11.8 Å². The molecule has 0 radical (unpaired) electrons. The number of esters is 1. The second-order valence-corrected chi connectivity index (χ2v) is 9.10. The van der Waals surface area contributed by atoms with Crippen molar-refractivity contribution in [1.82, 2.24) is 4.72 Å². The molecule has 1 aromatic heterocycles. The van der Waals surface area contributed by atoms with Crippen LogP contribution in [-0.2, 0) is 21.2 Å². The van der Waals surface area contributed by atoms with Gasteiger partial charge in [-0.3, -0.25) is 4.79 Å². The van der Waals surface area contributed by atoms with E-state index < -0.39 is 58.7 Å². The zero-order chi connectivity index (χ0) is 23.9. The standard InChI is InChI=1S/C18H17F4NO7S2/c1-32(26,27)23-7-6-11-3-5-15(31-11)16(25)28-9-13(24)12-4-2-10(29-17(19)20)8-14(12)30-18(21)22/h2-5,8,17-18,23H,6-7,9H2,1H3. The SMILES string of the molecule is CS(=O)(=O)NCCc1ccc(C(=O)OCC(=O)c2ccc(OC(F)F)cc2OC(F)F)s1. The first kappa shape index (κ1) is 25.5. The topological polar surface area (TPSA) is 108 Å². The summed E-state index contributed by atoms with van der Waals surface area (Å²) in [5.74, 6) is -2.98. The van der Waals surface area contributed by atoms with E-state index in [1.54, 1.807) is 6.07 Å². The molecule has 0 bridgehead atoms. The number of hydrogen-bond acceptors (Lipinski definition) is 8. The van der Waals surface area contributed by atoms with Crippen LogP contribution in [0.1, 0.15) is 24.9 Å². The van der Waals surface area contributed by atoms with Gasteiger partial charge in [0.25, 0.3) is 0 Å². The van der Waals surface area contributed by atoms with Crippen LogP contribution >= 0.6 is 11.3 Å². The molecule has 0 saturated carbocycles. The average Bonchev–Trinajstić information content (AvgIpc) is 3.13. The molecule has 0 atom stereocenters. The van der Waals surface area contributed by atoms with Crippen LogP contribution in [0.2, 0.25) is 0 Å².